The van der Waals surface area contributed by atoms with Crippen LogP contribution in [0.1, 0.15) is 30.9 Å². The van der Waals surface area contributed by atoms with Gasteiger partial charge in [0.2, 0.25) is 5.91 Å². The zero-order valence-electron chi connectivity index (χ0n) is 9.09. The van der Waals surface area contributed by atoms with Gasteiger partial charge in [-0.2, -0.15) is 0 Å². The molecule has 2 nitrogen and oxygen atoms in total. The maximum Gasteiger partial charge on any atom is 0.235 e. The molecular weight excluding hydrogens is 210 g/mol. The Morgan fingerprint density at radius 2 is 1.93 bits per heavy atom. The van der Waals surface area contributed by atoms with E-state index >= 15 is 0 Å². The second-order valence-electron chi connectivity index (χ2n) is 3.81. The first-order valence-electron chi connectivity index (χ1n) is 5.05. The van der Waals surface area contributed by atoms with Crippen molar-refractivity contribution in [3.63, 3.8) is 0 Å². The zero-order valence-corrected chi connectivity index (χ0v) is 9.84. The molecule has 0 saturated carbocycles. The fourth-order valence-electron chi connectivity index (χ4n) is 1.27. The van der Waals surface area contributed by atoms with Crippen LogP contribution < -0.4 is 5.32 Å². The van der Waals surface area contributed by atoms with Gasteiger partial charge in [0.05, 0.1) is 0 Å². The Hall–Kier alpha value is -1.02. The Balaban J connectivity index is 2.53. The topological polar surface area (TPSA) is 29.1 Å². The third-order valence-electron chi connectivity index (χ3n) is 2.26. The van der Waals surface area contributed by atoms with Crippen molar-refractivity contribution >= 4 is 17.5 Å². The van der Waals surface area contributed by atoms with Crippen molar-refractivity contribution in [3.05, 3.63) is 35.4 Å². The number of hydrogen-bond acceptors (Lipinski definition) is 1. The number of carbonyl (C=O) groups excluding carboxylic acids is 1. The third kappa shape index (κ3) is 3.92. The van der Waals surface area contributed by atoms with Crippen molar-refractivity contribution in [1.29, 1.82) is 0 Å². The molecule has 0 aliphatic rings. The maximum atomic E-state index is 10.9. The first kappa shape index (κ1) is 12.1. The smallest absolute Gasteiger partial charge is 0.235 e. The molecule has 15 heavy (non-hydrogen) atoms. The highest BCUT2D eigenvalue weighted by molar-refractivity contribution is 6.27. The fourth-order valence-corrected chi connectivity index (χ4v) is 1.36. The summed E-state index contributed by atoms with van der Waals surface area (Å²) in [6.45, 7) is 4.86. The van der Waals surface area contributed by atoms with Crippen LogP contribution in [0.2, 0.25) is 0 Å². The molecule has 0 aromatic heterocycles. The molecule has 1 amide bonds. The lowest BCUT2D eigenvalue weighted by Crippen LogP contribution is -2.23. The lowest BCUT2D eigenvalue weighted by Gasteiger charge is -2.07. The van der Waals surface area contributed by atoms with Gasteiger partial charge in [0.1, 0.15) is 5.88 Å². The van der Waals surface area contributed by atoms with Gasteiger partial charge in [-0.15, -0.1) is 11.6 Å². The molecule has 0 atom stereocenters. The van der Waals surface area contributed by atoms with Crippen molar-refractivity contribution in [3.8, 4) is 0 Å². The van der Waals surface area contributed by atoms with Gasteiger partial charge in [-0.3, -0.25) is 4.79 Å². The van der Waals surface area contributed by atoms with Gasteiger partial charge < -0.3 is 5.32 Å². The van der Waals surface area contributed by atoms with Crippen LogP contribution in [-0.4, -0.2) is 11.8 Å². The van der Waals surface area contributed by atoms with E-state index in [2.05, 4.69) is 31.3 Å². The Morgan fingerprint density at radius 3 is 2.40 bits per heavy atom. The summed E-state index contributed by atoms with van der Waals surface area (Å²) in [5, 5.41) is 2.73. The van der Waals surface area contributed by atoms with Crippen molar-refractivity contribution in [2.75, 3.05) is 5.88 Å². The van der Waals surface area contributed by atoms with Crippen LogP contribution in [0.3, 0.4) is 0 Å². The molecule has 0 aliphatic carbocycles. The minimum absolute atomic E-state index is 0.0179. The number of carbonyl (C=O) groups is 1. The summed E-state index contributed by atoms with van der Waals surface area (Å²) in [6, 6.07) is 8.24. The van der Waals surface area contributed by atoms with Crippen LogP contribution in [0.25, 0.3) is 0 Å². The highest BCUT2D eigenvalue weighted by Crippen LogP contribution is 2.14. The van der Waals surface area contributed by atoms with E-state index in [1.54, 1.807) is 0 Å². The molecule has 0 unspecified atom stereocenters. The average molecular weight is 226 g/mol. The lowest BCUT2D eigenvalue weighted by atomic mass is 10.0. The van der Waals surface area contributed by atoms with Crippen molar-refractivity contribution in [1.82, 2.24) is 5.32 Å². The summed E-state index contributed by atoms with van der Waals surface area (Å²) < 4.78 is 0. The monoisotopic (exact) mass is 225 g/mol. The minimum atomic E-state index is -0.135. The van der Waals surface area contributed by atoms with E-state index in [-0.39, 0.29) is 11.8 Å². The van der Waals surface area contributed by atoms with Gasteiger partial charge in [-0.1, -0.05) is 38.1 Å². The third-order valence-corrected chi connectivity index (χ3v) is 2.50. The molecule has 1 rings (SSSR count). The first-order valence-corrected chi connectivity index (χ1v) is 5.58. The Bertz CT molecular complexity index is 319. The highest BCUT2D eigenvalue weighted by atomic mass is 35.5. The van der Waals surface area contributed by atoms with E-state index in [9.17, 15) is 4.79 Å². The number of hydrogen-bond donors (Lipinski definition) is 1. The molecule has 0 heterocycles. The molecule has 0 bridgehead atoms. The standard InChI is InChI=1S/C12H16ClNO/c1-9(2)11-5-3-10(4-6-11)8-14-12(15)7-13/h3-6,9H,7-8H2,1-2H3,(H,14,15). The van der Waals surface area contributed by atoms with Gasteiger partial charge in [0, 0.05) is 6.54 Å². The number of rotatable bonds is 4. The molecule has 3 heteroatoms. The average Bonchev–Trinajstić information content (AvgIpc) is 2.26. The van der Waals surface area contributed by atoms with Crippen LogP contribution in [0.4, 0.5) is 0 Å². The second-order valence-corrected chi connectivity index (χ2v) is 4.07. The molecule has 0 saturated heterocycles. The minimum Gasteiger partial charge on any atom is -0.351 e. The van der Waals surface area contributed by atoms with E-state index < -0.39 is 0 Å². The van der Waals surface area contributed by atoms with Crippen LogP contribution in [0.15, 0.2) is 24.3 Å². The van der Waals surface area contributed by atoms with Crippen molar-refractivity contribution in [2.24, 2.45) is 0 Å². The fraction of sp³-hybridized carbons (Fsp3) is 0.417. The summed E-state index contributed by atoms with van der Waals surface area (Å²) in [4.78, 5) is 10.9. The summed E-state index contributed by atoms with van der Waals surface area (Å²) >= 11 is 5.37. The predicted octanol–water partition coefficient (Wildman–Crippen LogP) is 2.67. The van der Waals surface area contributed by atoms with Gasteiger partial charge in [-0.25, -0.2) is 0 Å². The summed E-state index contributed by atoms with van der Waals surface area (Å²) in [7, 11) is 0. The predicted molar refractivity (Wildman–Crippen MR) is 63.1 cm³/mol. The molecule has 1 aromatic rings. The Labute approximate surface area is 95.6 Å². The number of benzene rings is 1. The number of amides is 1. The molecular formula is C12H16ClNO. The van der Waals surface area contributed by atoms with Gasteiger partial charge in [-0.05, 0) is 17.0 Å². The Kier molecular flexibility index (Phi) is 4.63. The molecule has 1 aromatic carbocycles. The largest absolute Gasteiger partial charge is 0.351 e. The van der Waals surface area contributed by atoms with E-state index in [4.69, 9.17) is 11.6 Å². The molecule has 0 fully saturated rings. The van der Waals surface area contributed by atoms with E-state index in [1.807, 2.05) is 12.1 Å². The summed E-state index contributed by atoms with van der Waals surface area (Å²) in [5.74, 6) is 0.422. The second kappa shape index (κ2) is 5.76. The summed E-state index contributed by atoms with van der Waals surface area (Å²) in [6.07, 6.45) is 0. The van der Waals surface area contributed by atoms with Crippen LogP contribution in [-0.2, 0) is 11.3 Å². The molecule has 0 radical (unpaired) electrons. The van der Waals surface area contributed by atoms with Crippen LogP contribution >= 0.6 is 11.6 Å². The Morgan fingerprint density at radius 1 is 1.33 bits per heavy atom. The van der Waals surface area contributed by atoms with Crippen molar-refractivity contribution < 1.29 is 4.79 Å². The first-order chi connectivity index (χ1) is 7.13. The van der Waals surface area contributed by atoms with E-state index in [1.165, 1.54) is 5.56 Å². The van der Waals surface area contributed by atoms with Crippen LogP contribution in [0.5, 0.6) is 0 Å². The SMILES string of the molecule is CC(C)c1ccc(CNC(=O)CCl)cc1. The zero-order chi connectivity index (χ0) is 11.3. The normalized spacial score (nSPS) is 10.4. The van der Waals surface area contributed by atoms with Crippen molar-refractivity contribution in [2.45, 2.75) is 26.3 Å². The van der Waals surface area contributed by atoms with Gasteiger partial charge in [0.15, 0.2) is 0 Å². The van der Waals surface area contributed by atoms with Crippen LogP contribution in [0, 0.1) is 0 Å². The summed E-state index contributed by atoms with van der Waals surface area (Å²) in [5.41, 5.74) is 2.40. The highest BCUT2D eigenvalue weighted by Gasteiger charge is 2.00. The van der Waals surface area contributed by atoms with Gasteiger partial charge >= 0.3 is 0 Å². The number of halogens is 1. The van der Waals surface area contributed by atoms with Gasteiger partial charge in [0.25, 0.3) is 0 Å². The maximum absolute atomic E-state index is 10.9. The molecule has 82 valence electrons. The quantitative estimate of drug-likeness (QED) is 0.785. The number of alkyl halides is 1. The molecule has 1 N–H and O–H groups in total. The van der Waals surface area contributed by atoms with E-state index in [0.717, 1.165) is 5.56 Å². The number of nitrogens with one attached hydrogen (secondary N) is 1. The lowest BCUT2D eigenvalue weighted by molar-refractivity contribution is -0.118. The van der Waals surface area contributed by atoms with E-state index in [0.29, 0.717) is 12.5 Å². The molecule has 0 spiro atoms. The molecule has 0 aliphatic heterocycles.